The maximum Gasteiger partial charge on any atom is 0.143 e. The highest BCUT2D eigenvalue weighted by atomic mass is 16.3. The van der Waals surface area contributed by atoms with Crippen molar-refractivity contribution in [2.45, 2.75) is 46.5 Å². The lowest BCUT2D eigenvalue weighted by atomic mass is 9.79. The first-order chi connectivity index (χ1) is 11.4. The predicted molar refractivity (Wildman–Crippen MR) is 97.6 cm³/mol. The summed E-state index contributed by atoms with van der Waals surface area (Å²) in [4.78, 5) is 1.53. The van der Waals surface area contributed by atoms with Crippen molar-refractivity contribution in [3.8, 4) is 11.4 Å². The summed E-state index contributed by atoms with van der Waals surface area (Å²) in [6.45, 7) is 9.06. The minimum atomic E-state index is 0.195. The number of hydrogen-bond donors (Lipinski definition) is 1. The van der Waals surface area contributed by atoms with E-state index in [1.165, 1.54) is 10.4 Å². The van der Waals surface area contributed by atoms with Crippen LogP contribution in [-0.4, -0.2) is 20.1 Å². The van der Waals surface area contributed by atoms with Gasteiger partial charge in [0.15, 0.2) is 0 Å². The van der Waals surface area contributed by atoms with Crippen LogP contribution in [0.3, 0.4) is 0 Å². The highest BCUT2D eigenvalue weighted by Gasteiger charge is 2.21. The minimum absolute atomic E-state index is 0.195. The topological polar surface area (TPSA) is 50.9 Å². The second kappa shape index (κ2) is 6.27. The van der Waals surface area contributed by atoms with Crippen LogP contribution in [0.5, 0.6) is 5.75 Å². The Hall–Kier alpha value is -2.36. The average Bonchev–Trinajstić information content (AvgIpc) is 2.98. The molecule has 0 saturated carbocycles. The van der Waals surface area contributed by atoms with Crippen molar-refractivity contribution >= 4 is 11.0 Å². The molecule has 2 aromatic carbocycles. The van der Waals surface area contributed by atoms with Gasteiger partial charge >= 0.3 is 0 Å². The summed E-state index contributed by atoms with van der Waals surface area (Å²) in [7, 11) is 0. The maximum atomic E-state index is 10.3. The van der Waals surface area contributed by atoms with Gasteiger partial charge in [0.25, 0.3) is 0 Å². The molecule has 126 valence electrons. The Morgan fingerprint density at radius 3 is 2.29 bits per heavy atom. The van der Waals surface area contributed by atoms with Gasteiger partial charge in [-0.05, 0) is 47.6 Å². The van der Waals surface area contributed by atoms with E-state index in [9.17, 15) is 5.11 Å². The van der Waals surface area contributed by atoms with E-state index < -0.39 is 0 Å². The predicted octanol–water partition coefficient (Wildman–Crippen LogP) is 5.06. The Labute approximate surface area is 143 Å². The number of aromatic nitrogens is 3. The van der Waals surface area contributed by atoms with E-state index >= 15 is 0 Å². The van der Waals surface area contributed by atoms with Gasteiger partial charge in [-0.15, -0.1) is 15.0 Å². The molecule has 0 spiro atoms. The Morgan fingerprint density at radius 1 is 1.08 bits per heavy atom. The molecule has 4 nitrogen and oxygen atoms in total. The fourth-order valence-corrected chi connectivity index (χ4v) is 3.07. The smallest absolute Gasteiger partial charge is 0.143 e. The summed E-state index contributed by atoms with van der Waals surface area (Å²) >= 11 is 0. The third-order valence-corrected chi connectivity index (χ3v) is 4.89. The minimum Gasteiger partial charge on any atom is -0.506 e. The summed E-state index contributed by atoms with van der Waals surface area (Å²) in [6.07, 6.45) is 2.25. The SMILES string of the molecule is CCC(C)(C)CC(C)c1ccc(O)c(-n2nc3ccccc3n2)c1. The Kier molecular flexibility index (Phi) is 4.31. The van der Waals surface area contributed by atoms with Crippen LogP contribution in [0.25, 0.3) is 16.7 Å². The normalized spacial score (nSPS) is 13.3. The molecule has 0 radical (unpaired) electrons. The number of aromatic hydroxyl groups is 1. The maximum absolute atomic E-state index is 10.3. The van der Waals surface area contributed by atoms with Crippen molar-refractivity contribution in [2.24, 2.45) is 5.41 Å². The molecular formula is C20H25N3O. The van der Waals surface area contributed by atoms with Gasteiger partial charge < -0.3 is 5.11 Å². The first-order valence-electron chi connectivity index (χ1n) is 8.55. The molecule has 1 aromatic heterocycles. The van der Waals surface area contributed by atoms with E-state index in [4.69, 9.17) is 0 Å². The lowest BCUT2D eigenvalue weighted by Gasteiger charge is -2.27. The molecule has 4 heteroatoms. The quantitative estimate of drug-likeness (QED) is 0.714. The number of hydrogen-bond acceptors (Lipinski definition) is 3. The molecule has 0 aliphatic carbocycles. The fraction of sp³-hybridized carbons (Fsp3) is 0.400. The van der Waals surface area contributed by atoms with E-state index in [-0.39, 0.29) is 5.75 Å². The van der Waals surface area contributed by atoms with Crippen molar-refractivity contribution in [3.05, 3.63) is 48.0 Å². The molecule has 1 N–H and O–H groups in total. The molecule has 1 unspecified atom stereocenters. The number of benzene rings is 2. The molecular weight excluding hydrogens is 298 g/mol. The second-order valence-electron chi connectivity index (χ2n) is 7.35. The number of fused-ring (bicyclic) bond motifs is 1. The van der Waals surface area contributed by atoms with Gasteiger partial charge in [0.05, 0.1) is 0 Å². The van der Waals surface area contributed by atoms with E-state index in [1.807, 2.05) is 36.4 Å². The zero-order chi connectivity index (χ0) is 17.3. The summed E-state index contributed by atoms with van der Waals surface area (Å²) in [5.74, 6) is 0.602. The van der Waals surface area contributed by atoms with Crippen molar-refractivity contribution < 1.29 is 5.11 Å². The van der Waals surface area contributed by atoms with E-state index in [1.54, 1.807) is 6.07 Å². The molecule has 3 rings (SSSR count). The summed E-state index contributed by atoms with van der Waals surface area (Å²) in [6, 6.07) is 13.5. The van der Waals surface area contributed by atoms with Crippen LogP contribution in [0.4, 0.5) is 0 Å². The van der Waals surface area contributed by atoms with Crippen LogP contribution in [-0.2, 0) is 0 Å². The van der Waals surface area contributed by atoms with Gasteiger partial charge in [-0.3, -0.25) is 0 Å². The number of nitrogens with zero attached hydrogens (tertiary/aromatic N) is 3. The Bertz CT molecular complexity index is 818. The molecule has 0 amide bonds. The molecule has 0 saturated heterocycles. The zero-order valence-electron chi connectivity index (χ0n) is 14.8. The largest absolute Gasteiger partial charge is 0.506 e. The van der Waals surface area contributed by atoms with Gasteiger partial charge in [0, 0.05) is 0 Å². The lowest BCUT2D eigenvalue weighted by Crippen LogP contribution is -2.13. The molecule has 24 heavy (non-hydrogen) atoms. The van der Waals surface area contributed by atoms with Crippen LogP contribution < -0.4 is 0 Å². The lowest BCUT2D eigenvalue weighted by molar-refractivity contribution is 0.299. The Balaban J connectivity index is 1.97. The molecule has 0 aliphatic heterocycles. The van der Waals surface area contributed by atoms with E-state index in [0.29, 0.717) is 17.0 Å². The van der Waals surface area contributed by atoms with Gasteiger partial charge in [-0.2, -0.15) is 0 Å². The van der Waals surface area contributed by atoms with E-state index in [2.05, 4.69) is 37.9 Å². The van der Waals surface area contributed by atoms with Crippen LogP contribution in [0.2, 0.25) is 0 Å². The van der Waals surface area contributed by atoms with Crippen LogP contribution in [0.15, 0.2) is 42.5 Å². The average molecular weight is 323 g/mol. The van der Waals surface area contributed by atoms with Gasteiger partial charge in [0.1, 0.15) is 22.5 Å². The van der Waals surface area contributed by atoms with Gasteiger partial charge in [-0.1, -0.05) is 52.3 Å². The fourth-order valence-electron chi connectivity index (χ4n) is 3.07. The number of phenols is 1. The summed E-state index contributed by atoms with van der Waals surface area (Å²) < 4.78 is 0. The van der Waals surface area contributed by atoms with E-state index in [0.717, 1.165) is 23.9 Å². The van der Waals surface area contributed by atoms with Crippen LogP contribution in [0.1, 0.15) is 52.0 Å². The van der Waals surface area contributed by atoms with Crippen molar-refractivity contribution in [2.75, 3.05) is 0 Å². The molecule has 0 aliphatic rings. The zero-order valence-corrected chi connectivity index (χ0v) is 14.8. The van der Waals surface area contributed by atoms with Gasteiger partial charge in [0.2, 0.25) is 0 Å². The highest BCUT2D eigenvalue weighted by molar-refractivity contribution is 5.73. The molecule has 0 bridgehead atoms. The molecule has 1 atom stereocenters. The molecule has 0 fully saturated rings. The van der Waals surface area contributed by atoms with Gasteiger partial charge in [-0.25, -0.2) is 0 Å². The van der Waals surface area contributed by atoms with Crippen LogP contribution >= 0.6 is 0 Å². The monoisotopic (exact) mass is 323 g/mol. The molecule has 1 heterocycles. The second-order valence-corrected chi connectivity index (χ2v) is 7.35. The Morgan fingerprint density at radius 2 is 1.71 bits per heavy atom. The molecule has 3 aromatic rings. The highest BCUT2D eigenvalue weighted by Crippen LogP contribution is 2.35. The van der Waals surface area contributed by atoms with Crippen molar-refractivity contribution in [1.29, 1.82) is 0 Å². The first kappa shape index (κ1) is 16.5. The van der Waals surface area contributed by atoms with Crippen molar-refractivity contribution in [3.63, 3.8) is 0 Å². The van der Waals surface area contributed by atoms with Crippen LogP contribution in [0, 0.1) is 5.41 Å². The summed E-state index contributed by atoms with van der Waals surface area (Å²) in [5.41, 5.74) is 3.77. The number of phenolic OH excluding ortho intramolecular Hbond substituents is 1. The van der Waals surface area contributed by atoms with Crippen molar-refractivity contribution in [1.82, 2.24) is 15.0 Å². The number of rotatable bonds is 5. The third-order valence-electron chi connectivity index (χ3n) is 4.89. The third kappa shape index (κ3) is 3.28. The first-order valence-corrected chi connectivity index (χ1v) is 8.55. The standard InChI is InChI=1S/C20H25N3O/c1-5-20(3,4)13-14(2)15-10-11-19(24)18(12-15)23-21-16-8-6-7-9-17(16)22-23/h6-12,14,24H,5,13H2,1-4H3. The summed E-state index contributed by atoms with van der Waals surface area (Å²) in [5, 5.41) is 19.2.